The minimum atomic E-state index is -0.811. The average Bonchev–Trinajstić information content (AvgIpc) is 4.29. The zero-order valence-electron chi connectivity index (χ0n) is 50.4. The van der Waals surface area contributed by atoms with Crippen molar-refractivity contribution < 1.29 is 42.9 Å². The molecule has 5 aromatic rings. The molecule has 0 radical (unpaired) electrons. The van der Waals surface area contributed by atoms with E-state index in [9.17, 15) is 19.2 Å². The number of piperazine rings is 1. The largest absolute Gasteiger partial charge is 0.494 e. The van der Waals surface area contributed by atoms with E-state index in [1.807, 2.05) is 118 Å². The molecule has 85 heavy (non-hydrogen) atoms. The summed E-state index contributed by atoms with van der Waals surface area (Å²) in [4.78, 5) is 62.3. The molecule has 22 heteroatoms. The zero-order chi connectivity index (χ0) is 61.2. The van der Waals surface area contributed by atoms with Gasteiger partial charge in [-0.3, -0.25) is 19.2 Å². The number of halogens is 1. The van der Waals surface area contributed by atoms with Crippen LogP contribution in [-0.4, -0.2) is 189 Å². The lowest BCUT2D eigenvalue weighted by Gasteiger charge is -2.35. The number of likely N-dealkylation sites (N-methyl/N-ethyl adjacent to an activating group) is 2. The number of amides is 4. The van der Waals surface area contributed by atoms with Crippen LogP contribution in [0.2, 0.25) is 0 Å². The topological polar surface area (TPSA) is 207 Å². The smallest absolute Gasteiger partial charge is 0.247 e. The monoisotopic (exact) mass is 1250 g/mol. The van der Waals surface area contributed by atoms with Gasteiger partial charge in [0.2, 0.25) is 24.1 Å². The maximum Gasteiger partial charge on any atom is 0.247 e. The van der Waals surface area contributed by atoms with Crippen molar-refractivity contribution in [3.63, 3.8) is 0 Å². The van der Waals surface area contributed by atoms with Gasteiger partial charge >= 0.3 is 0 Å². The Morgan fingerprint density at radius 3 is 2.14 bits per heavy atom. The predicted molar refractivity (Wildman–Crippen MR) is 339 cm³/mol. The van der Waals surface area contributed by atoms with Crippen LogP contribution < -0.4 is 25.4 Å². The lowest BCUT2D eigenvalue weighted by atomic mass is 10.00. The van der Waals surface area contributed by atoms with Crippen molar-refractivity contribution in [1.29, 1.82) is 0 Å². The van der Waals surface area contributed by atoms with Gasteiger partial charge in [0, 0.05) is 80.4 Å². The number of ether oxygens (including phenoxy) is 5. The molecule has 0 spiro atoms. The number of rotatable bonds is 38. The number of carbonyl (C=O) groups excluding carboxylic acids is 4. The van der Waals surface area contributed by atoms with Crippen molar-refractivity contribution in [2.45, 2.75) is 84.0 Å². The molecule has 0 saturated carbocycles. The number of allylic oxidation sites excluding steroid dienone is 2. The maximum absolute atomic E-state index is 13.9. The first kappa shape index (κ1) is 69.0. The van der Waals surface area contributed by atoms with Crippen LogP contribution in [0.15, 0.2) is 126 Å². The number of hydrogen-bond acceptors (Lipinski definition) is 16. The summed E-state index contributed by atoms with van der Waals surface area (Å²) in [5.74, 6) is 1.36. The van der Waals surface area contributed by atoms with Crippen LogP contribution in [0.3, 0.4) is 0 Å². The van der Waals surface area contributed by atoms with Crippen LogP contribution in [0, 0.1) is 0 Å². The Bertz CT molecular complexity index is 2790. The van der Waals surface area contributed by atoms with Gasteiger partial charge < -0.3 is 59.2 Å². The second-order valence-electron chi connectivity index (χ2n) is 20.6. The molecule has 6 rings (SSSR count). The van der Waals surface area contributed by atoms with Gasteiger partial charge in [-0.1, -0.05) is 76.8 Å². The molecule has 1 fully saturated rings. The van der Waals surface area contributed by atoms with Crippen molar-refractivity contribution in [3.05, 3.63) is 148 Å². The molecule has 4 amide bonds. The van der Waals surface area contributed by atoms with Gasteiger partial charge in [-0.2, -0.15) is 0 Å². The number of nitrogens with one attached hydrogen (secondary N) is 3. The minimum absolute atomic E-state index is 0.0999. The summed E-state index contributed by atoms with van der Waals surface area (Å²) in [6.45, 7) is 23.6. The number of carbonyl (C=O) groups is 4. The third-order valence-corrected chi connectivity index (χ3v) is 15.2. The second kappa shape index (κ2) is 39.0. The molecule has 462 valence electrons. The van der Waals surface area contributed by atoms with Gasteiger partial charge in [0.05, 0.1) is 76.6 Å². The van der Waals surface area contributed by atoms with Gasteiger partial charge in [-0.25, -0.2) is 9.67 Å². The molecule has 2 unspecified atom stereocenters. The van der Waals surface area contributed by atoms with E-state index in [0.717, 1.165) is 96.2 Å². The van der Waals surface area contributed by atoms with Crippen LogP contribution in [0.25, 0.3) is 0 Å². The lowest BCUT2D eigenvalue weighted by molar-refractivity contribution is -0.143. The molecule has 3 aromatic carbocycles. The second-order valence-corrected chi connectivity index (χ2v) is 22.4. The summed E-state index contributed by atoms with van der Waals surface area (Å²) >= 11 is 4.82. The normalized spacial score (nSPS) is 13.3. The first-order valence-electron chi connectivity index (χ1n) is 29.1. The fourth-order valence-corrected chi connectivity index (χ4v) is 9.87. The Hall–Kier alpha value is -6.79. The van der Waals surface area contributed by atoms with Gasteiger partial charge in [0.1, 0.15) is 24.1 Å². The number of hydrogen-bond donors (Lipinski definition) is 3. The number of aromatic nitrogens is 4. The Morgan fingerprint density at radius 2 is 1.47 bits per heavy atom. The lowest BCUT2D eigenvalue weighted by Crippen LogP contribution is -2.49. The third kappa shape index (κ3) is 25.8. The summed E-state index contributed by atoms with van der Waals surface area (Å²) in [5, 5.41) is 19.4. The number of aryl methyl sites for hydroxylation is 1. The summed E-state index contributed by atoms with van der Waals surface area (Å²) in [6, 6.07) is 21.9. The van der Waals surface area contributed by atoms with Crippen molar-refractivity contribution in [3.8, 4) is 11.5 Å². The van der Waals surface area contributed by atoms with Crippen LogP contribution in [0.1, 0.15) is 68.6 Å². The summed E-state index contributed by atoms with van der Waals surface area (Å²) in [7, 11) is 6.04. The number of benzene rings is 3. The number of anilines is 2. The quantitative estimate of drug-likeness (QED) is 0.0193. The van der Waals surface area contributed by atoms with Crippen LogP contribution in [0.4, 0.5) is 10.8 Å². The van der Waals surface area contributed by atoms with E-state index in [1.54, 1.807) is 27.1 Å². The summed E-state index contributed by atoms with van der Waals surface area (Å²) < 4.78 is 31.6. The van der Waals surface area contributed by atoms with Crippen molar-refractivity contribution in [2.75, 3.05) is 124 Å². The van der Waals surface area contributed by atoms with E-state index in [2.05, 4.69) is 84.2 Å². The molecule has 1 aliphatic heterocycles. The number of nitrogens with zero attached hydrogens (tertiary/aromatic N) is 8. The molecule has 0 bridgehead atoms. The Balaban J connectivity index is 0.000000619. The molecule has 0 aliphatic carbocycles. The minimum Gasteiger partial charge on any atom is -0.494 e. The third-order valence-electron chi connectivity index (χ3n) is 13.8. The first-order valence-corrected chi connectivity index (χ1v) is 30.7. The maximum atomic E-state index is 13.9. The highest BCUT2D eigenvalue weighted by Crippen LogP contribution is 2.28. The van der Waals surface area contributed by atoms with E-state index < -0.39 is 6.04 Å². The van der Waals surface area contributed by atoms with Crippen LogP contribution >= 0.6 is 27.3 Å². The molecule has 2 aromatic heterocycles. The Morgan fingerprint density at radius 1 is 0.800 bits per heavy atom. The fraction of sp³-hybridized carbons (Fsp3) is 0.476. The molecule has 2 atom stereocenters. The van der Waals surface area contributed by atoms with Gasteiger partial charge in [-0.15, -0.1) is 16.4 Å². The van der Waals surface area contributed by atoms with Gasteiger partial charge in [-0.05, 0) is 126 Å². The SMILES string of the molecule is C=C/C=C(\C=C)C(C)NC(=O)C(c1ccc(Br)cc1)N(C(=O)CCc1ccc(OCCCCN(C)CCOCCOCCc2cn(CCOCCOc3ccc(NC)cc3)nn2)cc1)C(C)C.CN1CCN(C(=O)Cc2csc(NC=O)n2)CC1. The Kier molecular flexibility index (Phi) is 31.7. The fourth-order valence-electron chi connectivity index (χ4n) is 8.94. The van der Waals surface area contributed by atoms with Crippen LogP contribution in [0.5, 0.6) is 11.5 Å². The molecule has 1 aliphatic rings. The van der Waals surface area contributed by atoms with E-state index >= 15 is 0 Å². The Labute approximate surface area is 515 Å². The predicted octanol–water partition coefficient (Wildman–Crippen LogP) is 8.29. The van der Waals surface area contributed by atoms with E-state index in [-0.39, 0.29) is 36.2 Å². The van der Waals surface area contributed by atoms with E-state index in [0.29, 0.717) is 95.9 Å². The standard InChI is InChI=1S/C52H72BrN7O7.C11H16N4O2S/c1-8-12-43(9-2)41(5)55-52(62)51(44-16-18-45(53)19-17-44)60(40(3)4)50(61)26-15-42-13-22-48(23-14-42)66-31-11-10-28-58(7)29-33-64-36-35-63-32-27-47-39-59(57-56-47)30-34-65-37-38-67-49-24-20-46(54-6)21-25-49;1-14-2-4-15(5-3-14)10(17)6-9-7-18-11(13-9)12-8-16/h8-9,12-14,16-25,39-41,51,54H,1-2,10-11,15,26-38H2,3-7H3,(H,55,62);7-8H,2-6H2,1H3,(H,12,13,16)/b43-12+;. The van der Waals surface area contributed by atoms with E-state index in [4.69, 9.17) is 23.7 Å². The highest BCUT2D eigenvalue weighted by atomic mass is 79.9. The molecule has 3 N–H and O–H groups in total. The van der Waals surface area contributed by atoms with E-state index in [1.165, 1.54) is 11.3 Å². The molecule has 3 heterocycles. The van der Waals surface area contributed by atoms with Crippen molar-refractivity contribution in [2.24, 2.45) is 0 Å². The van der Waals surface area contributed by atoms with Crippen molar-refractivity contribution >= 4 is 62.2 Å². The summed E-state index contributed by atoms with van der Waals surface area (Å²) in [6.07, 6.45) is 11.4. The number of thiazole rings is 1. The average molecular weight is 1260 g/mol. The highest BCUT2D eigenvalue weighted by molar-refractivity contribution is 9.10. The first-order chi connectivity index (χ1) is 41.2. The highest BCUT2D eigenvalue weighted by Gasteiger charge is 2.34. The van der Waals surface area contributed by atoms with Crippen molar-refractivity contribution in [1.82, 2.24) is 44.9 Å². The summed E-state index contributed by atoms with van der Waals surface area (Å²) in [5.41, 5.74) is 5.23. The molecule has 1 saturated heterocycles. The molecule has 20 nitrogen and oxygen atoms in total. The molecular formula is C63H88BrN11O9S. The molecular weight excluding hydrogens is 1170 g/mol. The number of unbranched alkanes of at least 4 members (excludes halogenated alkanes) is 1. The van der Waals surface area contributed by atoms with Crippen LogP contribution in [-0.2, 0) is 59.2 Å². The van der Waals surface area contributed by atoms with Gasteiger partial charge in [0.15, 0.2) is 5.13 Å². The van der Waals surface area contributed by atoms with Gasteiger partial charge in [0.25, 0.3) is 0 Å². The zero-order valence-corrected chi connectivity index (χ0v) is 52.8.